The van der Waals surface area contributed by atoms with E-state index in [-0.39, 0.29) is 10.8 Å². The number of carbonyl (C=O) groups is 1. The molecule has 0 bridgehead atoms. The van der Waals surface area contributed by atoms with Gasteiger partial charge in [0, 0.05) is 24.6 Å². The third-order valence-corrected chi connectivity index (χ3v) is 7.76. The minimum absolute atomic E-state index is 0.0397. The van der Waals surface area contributed by atoms with E-state index in [0.717, 1.165) is 0 Å². The van der Waals surface area contributed by atoms with Gasteiger partial charge in [0.2, 0.25) is 5.91 Å². The van der Waals surface area contributed by atoms with Crippen molar-refractivity contribution in [1.29, 1.82) is 0 Å². The zero-order valence-electron chi connectivity index (χ0n) is 19.5. The second-order valence-corrected chi connectivity index (χ2v) is 10.1. The molecule has 0 atom stereocenters. The van der Waals surface area contributed by atoms with Crippen molar-refractivity contribution in [2.45, 2.75) is 30.1 Å². The van der Waals surface area contributed by atoms with E-state index in [2.05, 4.69) is 10.0 Å². The lowest BCUT2D eigenvalue weighted by Crippen LogP contribution is -2.45. The maximum Gasteiger partial charge on any atom is 0.262 e. The molecular formula is C26H27FN2O5S. The first-order valence-electron chi connectivity index (χ1n) is 11.2. The fourth-order valence-corrected chi connectivity index (χ4v) is 5.57. The molecule has 7 nitrogen and oxygen atoms in total. The van der Waals surface area contributed by atoms with Gasteiger partial charge in [-0.3, -0.25) is 9.52 Å². The van der Waals surface area contributed by atoms with Crippen molar-refractivity contribution in [2.75, 3.05) is 30.4 Å². The molecule has 0 saturated carbocycles. The molecular weight excluding hydrogens is 471 g/mol. The second kappa shape index (κ2) is 10.1. The number of sulfonamides is 1. The molecule has 0 aliphatic carbocycles. The van der Waals surface area contributed by atoms with E-state index in [4.69, 9.17) is 9.47 Å². The van der Waals surface area contributed by atoms with E-state index < -0.39 is 21.3 Å². The first-order chi connectivity index (χ1) is 16.7. The van der Waals surface area contributed by atoms with Gasteiger partial charge < -0.3 is 14.8 Å². The minimum Gasteiger partial charge on any atom is -0.497 e. The lowest BCUT2D eigenvalue weighted by molar-refractivity contribution is -0.125. The molecule has 0 unspecified atom stereocenters. The zero-order chi connectivity index (χ0) is 25.1. The fraction of sp³-hybridized carbons (Fsp3) is 0.269. The van der Waals surface area contributed by atoms with Gasteiger partial charge in [-0.05, 0) is 79.4 Å². The number of benzene rings is 3. The number of methoxy groups -OCH3 is 1. The Labute approximate surface area is 204 Å². The molecule has 0 spiro atoms. The highest BCUT2D eigenvalue weighted by Crippen LogP contribution is 2.37. The average molecular weight is 499 g/mol. The van der Waals surface area contributed by atoms with Gasteiger partial charge in [0.25, 0.3) is 10.0 Å². The normalized spacial score (nSPS) is 15.3. The Morgan fingerprint density at radius 3 is 2.34 bits per heavy atom. The molecule has 35 heavy (non-hydrogen) atoms. The van der Waals surface area contributed by atoms with Crippen molar-refractivity contribution in [3.05, 3.63) is 83.7 Å². The third-order valence-electron chi connectivity index (χ3n) is 6.24. The average Bonchev–Trinajstić information content (AvgIpc) is 2.85. The summed E-state index contributed by atoms with van der Waals surface area (Å²) in [6.45, 7) is 2.41. The van der Waals surface area contributed by atoms with E-state index >= 15 is 0 Å². The second-order valence-electron chi connectivity index (χ2n) is 8.47. The summed E-state index contributed by atoms with van der Waals surface area (Å²) in [7, 11) is -2.40. The molecule has 184 valence electrons. The molecule has 1 aliphatic heterocycles. The maximum absolute atomic E-state index is 14.0. The molecule has 0 aromatic heterocycles. The number of hydrogen-bond acceptors (Lipinski definition) is 5. The van der Waals surface area contributed by atoms with Gasteiger partial charge >= 0.3 is 0 Å². The van der Waals surface area contributed by atoms with Gasteiger partial charge in [0.05, 0.1) is 17.4 Å². The van der Waals surface area contributed by atoms with Crippen LogP contribution in [0.3, 0.4) is 0 Å². The lowest BCUT2D eigenvalue weighted by atomic mass is 9.73. The van der Waals surface area contributed by atoms with Gasteiger partial charge in [-0.15, -0.1) is 0 Å². The molecule has 9 heteroatoms. The molecule has 1 saturated heterocycles. The molecule has 1 amide bonds. The Kier molecular flexibility index (Phi) is 7.09. The Balaban J connectivity index is 1.61. The Morgan fingerprint density at radius 2 is 1.69 bits per heavy atom. The molecule has 1 fully saturated rings. The topological polar surface area (TPSA) is 93.7 Å². The quantitative estimate of drug-likeness (QED) is 0.495. The van der Waals surface area contributed by atoms with Crippen LogP contribution >= 0.6 is 0 Å². The first-order valence-corrected chi connectivity index (χ1v) is 12.6. The first kappa shape index (κ1) is 24.7. The van der Waals surface area contributed by atoms with Crippen LogP contribution in [0.15, 0.2) is 71.6 Å². The van der Waals surface area contributed by atoms with Crippen molar-refractivity contribution < 1.29 is 27.1 Å². The number of hydrogen-bond donors (Lipinski definition) is 2. The molecule has 1 heterocycles. The number of anilines is 2. The summed E-state index contributed by atoms with van der Waals surface area (Å²) in [5.41, 5.74) is 0.824. The monoisotopic (exact) mass is 498 g/mol. The number of nitrogens with one attached hydrogen (secondary N) is 2. The van der Waals surface area contributed by atoms with Crippen LogP contribution in [-0.4, -0.2) is 34.6 Å². The van der Waals surface area contributed by atoms with E-state index in [1.54, 1.807) is 55.5 Å². The van der Waals surface area contributed by atoms with Gasteiger partial charge in [-0.2, -0.15) is 0 Å². The summed E-state index contributed by atoms with van der Waals surface area (Å²) in [6.07, 6.45) is 0.774. The summed E-state index contributed by atoms with van der Waals surface area (Å²) < 4.78 is 53.4. The highest BCUT2D eigenvalue weighted by Gasteiger charge is 2.42. The highest BCUT2D eigenvalue weighted by atomic mass is 32.2. The number of aryl methyl sites for hydroxylation is 1. The van der Waals surface area contributed by atoms with Crippen molar-refractivity contribution in [3.8, 4) is 5.75 Å². The van der Waals surface area contributed by atoms with Gasteiger partial charge in [-0.1, -0.05) is 18.2 Å². The summed E-state index contributed by atoms with van der Waals surface area (Å²) in [4.78, 5) is 13.6. The molecule has 0 radical (unpaired) electrons. The SMILES string of the molecule is COc1ccc(NS(=O)(=O)c2cc(NC(=O)C3(c4cccc(F)c4)CCOCC3)ccc2C)cc1. The fourth-order valence-electron chi connectivity index (χ4n) is 4.24. The molecule has 2 N–H and O–H groups in total. The Bertz CT molecular complexity index is 1320. The van der Waals surface area contributed by atoms with Gasteiger partial charge in [-0.25, -0.2) is 12.8 Å². The van der Waals surface area contributed by atoms with Gasteiger partial charge in [0.1, 0.15) is 11.6 Å². The largest absolute Gasteiger partial charge is 0.497 e. The van der Waals surface area contributed by atoms with E-state index in [0.29, 0.717) is 54.3 Å². The van der Waals surface area contributed by atoms with Crippen LogP contribution in [0.5, 0.6) is 5.75 Å². The van der Waals surface area contributed by atoms with Crippen molar-refractivity contribution in [1.82, 2.24) is 0 Å². The number of amides is 1. The van der Waals surface area contributed by atoms with Crippen LogP contribution in [0.2, 0.25) is 0 Å². The van der Waals surface area contributed by atoms with Gasteiger partial charge in [0.15, 0.2) is 0 Å². The predicted octanol–water partition coefficient (Wildman–Crippen LogP) is 4.63. The zero-order valence-corrected chi connectivity index (χ0v) is 20.3. The van der Waals surface area contributed by atoms with Crippen molar-refractivity contribution in [2.24, 2.45) is 0 Å². The van der Waals surface area contributed by atoms with Crippen molar-refractivity contribution in [3.63, 3.8) is 0 Å². The maximum atomic E-state index is 14.0. The molecule has 3 aromatic rings. The predicted molar refractivity (Wildman–Crippen MR) is 132 cm³/mol. The van der Waals surface area contributed by atoms with E-state index in [9.17, 15) is 17.6 Å². The van der Waals surface area contributed by atoms with Crippen LogP contribution in [0.4, 0.5) is 15.8 Å². The van der Waals surface area contributed by atoms with Crippen LogP contribution in [0.25, 0.3) is 0 Å². The number of carbonyl (C=O) groups excluding carboxylic acids is 1. The standard InChI is InChI=1S/C26H27FN2O5S/c1-18-6-7-22(17-24(18)35(31,32)29-21-8-10-23(33-2)11-9-21)28-25(30)26(12-14-34-15-13-26)19-4-3-5-20(27)16-19/h3-11,16-17,29H,12-15H2,1-2H3,(H,28,30). The van der Waals surface area contributed by atoms with E-state index in [1.165, 1.54) is 25.3 Å². The van der Waals surface area contributed by atoms with Crippen LogP contribution < -0.4 is 14.8 Å². The minimum atomic E-state index is -3.93. The van der Waals surface area contributed by atoms with Crippen LogP contribution in [-0.2, 0) is 25.0 Å². The smallest absolute Gasteiger partial charge is 0.262 e. The third kappa shape index (κ3) is 5.31. The molecule has 3 aromatic carbocycles. The van der Waals surface area contributed by atoms with E-state index in [1.807, 2.05) is 0 Å². The molecule has 1 aliphatic rings. The summed E-state index contributed by atoms with van der Waals surface area (Å²) >= 11 is 0. The number of halogens is 1. The van der Waals surface area contributed by atoms with Crippen LogP contribution in [0, 0.1) is 12.7 Å². The lowest BCUT2D eigenvalue weighted by Gasteiger charge is -2.36. The Morgan fingerprint density at radius 1 is 1.00 bits per heavy atom. The number of rotatable bonds is 7. The number of ether oxygens (including phenoxy) is 2. The summed E-state index contributed by atoms with van der Waals surface area (Å²) in [5, 5.41) is 2.86. The van der Waals surface area contributed by atoms with Crippen molar-refractivity contribution >= 4 is 27.3 Å². The summed E-state index contributed by atoms with van der Waals surface area (Å²) in [5.74, 6) is -0.148. The summed E-state index contributed by atoms with van der Waals surface area (Å²) in [6, 6.07) is 17.2. The Hall–Kier alpha value is -3.43. The van der Waals surface area contributed by atoms with Crippen LogP contribution in [0.1, 0.15) is 24.0 Å². The highest BCUT2D eigenvalue weighted by molar-refractivity contribution is 7.92. The molecule has 4 rings (SSSR count).